The van der Waals surface area contributed by atoms with Crippen LogP contribution < -0.4 is 15.1 Å². The molecule has 2 aromatic heterocycles. The third-order valence-electron chi connectivity index (χ3n) is 6.88. The minimum absolute atomic E-state index is 0.0494. The number of hydrogen-bond acceptors (Lipinski definition) is 7. The number of benzene rings is 1. The smallest absolute Gasteiger partial charge is 0.273 e. The maximum Gasteiger partial charge on any atom is 0.273 e. The van der Waals surface area contributed by atoms with Gasteiger partial charge in [0.25, 0.3) is 5.91 Å². The maximum atomic E-state index is 13.3. The Balaban J connectivity index is 1.54. The molecule has 5 rings (SSSR count). The average molecular weight is 474 g/mol. The van der Waals surface area contributed by atoms with Crippen LogP contribution in [0.2, 0.25) is 0 Å². The summed E-state index contributed by atoms with van der Waals surface area (Å²) >= 11 is 0. The van der Waals surface area contributed by atoms with Gasteiger partial charge in [0.1, 0.15) is 17.6 Å². The summed E-state index contributed by atoms with van der Waals surface area (Å²) in [6, 6.07) is 9.89. The second-order valence-corrected chi connectivity index (χ2v) is 9.56. The van der Waals surface area contributed by atoms with Gasteiger partial charge < -0.3 is 20.0 Å². The van der Waals surface area contributed by atoms with Gasteiger partial charge in [-0.15, -0.1) is 0 Å². The van der Waals surface area contributed by atoms with Crippen LogP contribution in [0.3, 0.4) is 0 Å². The summed E-state index contributed by atoms with van der Waals surface area (Å²) in [5.74, 6) is 1.01. The van der Waals surface area contributed by atoms with Crippen LogP contribution in [0.5, 0.6) is 0 Å². The Morgan fingerprint density at radius 2 is 2.06 bits per heavy atom. The summed E-state index contributed by atoms with van der Waals surface area (Å²) in [7, 11) is 3.62. The zero-order chi connectivity index (χ0) is 24.7. The molecule has 1 atom stereocenters. The highest BCUT2D eigenvalue weighted by Crippen LogP contribution is 2.34. The van der Waals surface area contributed by atoms with Crippen LogP contribution in [-0.2, 0) is 17.9 Å². The first-order valence-electron chi connectivity index (χ1n) is 12.1. The Kier molecular flexibility index (Phi) is 6.00. The molecular formula is C26H31N7O2. The van der Waals surface area contributed by atoms with Crippen LogP contribution in [0.25, 0.3) is 10.9 Å². The predicted molar refractivity (Wildman–Crippen MR) is 135 cm³/mol. The van der Waals surface area contributed by atoms with Crippen molar-refractivity contribution in [2.45, 2.75) is 51.9 Å². The second kappa shape index (κ2) is 9.13. The van der Waals surface area contributed by atoms with E-state index in [2.05, 4.69) is 27.3 Å². The first-order valence-corrected chi connectivity index (χ1v) is 12.1. The Labute approximate surface area is 205 Å². The van der Waals surface area contributed by atoms with Gasteiger partial charge in [-0.05, 0) is 44.4 Å². The number of carbonyl (C=O) groups excluding carboxylic acids is 2. The predicted octanol–water partition coefficient (Wildman–Crippen LogP) is 2.74. The number of amides is 2. The van der Waals surface area contributed by atoms with Crippen molar-refractivity contribution in [3.8, 4) is 0 Å². The highest BCUT2D eigenvalue weighted by molar-refractivity contribution is 5.98. The molecule has 0 bridgehead atoms. The Hall–Kier alpha value is -3.75. The average Bonchev–Trinajstić information content (AvgIpc) is 3.48. The number of para-hydroxylation sites is 1. The molecule has 182 valence electrons. The van der Waals surface area contributed by atoms with Gasteiger partial charge >= 0.3 is 0 Å². The molecule has 0 unspecified atom stereocenters. The molecular weight excluding hydrogens is 442 g/mol. The number of hydrogen-bond donors (Lipinski definition) is 1. The SMILES string of the molecule is CNC(=O)[C@@H]1CCCN1c1nc2c(c(N(C)Cc3cnc4ccccc4c3)n1)CN(C(C)C)C2=O. The molecule has 3 aromatic rings. The van der Waals surface area contributed by atoms with E-state index in [1.54, 1.807) is 7.05 Å². The van der Waals surface area contributed by atoms with Gasteiger partial charge in [-0.3, -0.25) is 14.6 Å². The molecule has 1 fully saturated rings. The van der Waals surface area contributed by atoms with Crippen molar-refractivity contribution in [1.82, 2.24) is 25.2 Å². The van der Waals surface area contributed by atoms with Crippen LogP contribution >= 0.6 is 0 Å². The van der Waals surface area contributed by atoms with Crippen LogP contribution in [0.1, 0.15) is 48.3 Å². The van der Waals surface area contributed by atoms with E-state index in [-0.39, 0.29) is 23.9 Å². The number of nitrogens with zero attached hydrogens (tertiary/aromatic N) is 6. The summed E-state index contributed by atoms with van der Waals surface area (Å²) < 4.78 is 0. The first kappa shape index (κ1) is 23.0. The van der Waals surface area contributed by atoms with Gasteiger partial charge in [-0.2, -0.15) is 4.98 Å². The zero-order valence-electron chi connectivity index (χ0n) is 20.7. The molecule has 0 spiro atoms. The molecule has 0 radical (unpaired) electrons. The van der Waals surface area contributed by atoms with Crippen LogP contribution in [0, 0.1) is 0 Å². The monoisotopic (exact) mass is 473 g/mol. The molecule has 2 aliphatic heterocycles. The minimum atomic E-state index is -0.335. The van der Waals surface area contributed by atoms with Crippen molar-refractivity contribution in [2.75, 3.05) is 30.4 Å². The number of rotatable bonds is 6. The first-order chi connectivity index (χ1) is 16.9. The highest BCUT2D eigenvalue weighted by Gasteiger charge is 2.38. The van der Waals surface area contributed by atoms with E-state index >= 15 is 0 Å². The summed E-state index contributed by atoms with van der Waals surface area (Å²) in [6.07, 6.45) is 3.49. The second-order valence-electron chi connectivity index (χ2n) is 9.56. The molecule has 0 aliphatic carbocycles. The van der Waals surface area contributed by atoms with Crippen molar-refractivity contribution in [2.24, 2.45) is 0 Å². The Morgan fingerprint density at radius 3 is 2.83 bits per heavy atom. The molecule has 4 heterocycles. The lowest BCUT2D eigenvalue weighted by Gasteiger charge is -2.26. The van der Waals surface area contributed by atoms with E-state index in [0.717, 1.165) is 40.7 Å². The standard InChI is InChI=1S/C26H31N7O2/c1-16(2)33-15-19-22(25(33)35)29-26(32-11-7-10-21(32)24(34)27-3)30-23(19)31(4)14-17-12-18-8-5-6-9-20(18)28-13-17/h5-6,8-9,12-13,16,21H,7,10-11,14-15H2,1-4H3,(H,27,34)/t21-/m0/s1. The number of likely N-dealkylation sites (N-methyl/N-ethyl adjacent to an activating group) is 1. The maximum absolute atomic E-state index is 13.3. The van der Waals surface area contributed by atoms with E-state index in [9.17, 15) is 9.59 Å². The van der Waals surface area contributed by atoms with Crippen LogP contribution in [-0.4, -0.2) is 64.4 Å². The van der Waals surface area contributed by atoms with E-state index in [1.807, 2.05) is 55.1 Å². The lowest BCUT2D eigenvalue weighted by atomic mass is 10.1. The van der Waals surface area contributed by atoms with Gasteiger partial charge in [-0.1, -0.05) is 18.2 Å². The van der Waals surface area contributed by atoms with E-state index < -0.39 is 0 Å². The largest absolute Gasteiger partial charge is 0.357 e. The molecule has 35 heavy (non-hydrogen) atoms. The highest BCUT2D eigenvalue weighted by atomic mass is 16.2. The Morgan fingerprint density at radius 1 is 1.26 bits per heavy atom. The van der Waals surface area contributed by atoms with E-state index in [4.69, 9.17) is 9.97 Å². The van der Waals surface area contributed by atoms with Crippen LogP contribution in [0.4, 0.5) is 11.8 Å². The molecule has 9 nitrogen and oxygen atoms in total. The van der Waals surface area contributed by atoms with Gasteiger partial charge in [0.2, 0.25) is 11.9 Å². The fraction of sp³-hybridized carbons (Fsp3) is 0.423. The molecule has 9 heteroatoms. The normalized spacial score (nSPS) is 17.4. The topological polar surface area (TPSA) is 94.6 Å². The van der Waals surface area contributed by atoms with E-state index in [1.165, 1.54) is 0 Å². The van der Waals surface area contributed by atoms with Crippen molar-refractivity contribution in [3.05, 3.63) is 53.3 Å². The summed E-state index contributed by atoms with van der Waals surface area (Å²) in [4.78, 5) is 45.8. The number of aromatic nitrogens is 3. The molecule has 1 N–H and O–H groups in total. The fourth-order valence-corrected chi connectivity index (χ4v) is 5.02. The number of anilines is 2. The number of carbonyl (C=O) groups is 2. The molecule has 1 aromatic carbocycles. The van der Waals surface area contributed by atoms with Gasteiger partial charge in [0, 0.05) is 50.4 Å². The lowest BCUT2D eigenvalue weighted by molar-refractivity contribution is -0.121. The van der Waals surface area contributed by atoms with Crippen molar-refractivity contribution in [3.63, 3.8) is 0 Å². The molecule has 1 saturated heterocycles. The number of nitrogens with one attached hydrogen (secondary N) is 1. The van der Waals surface area contributed by atoms with Gasteiger partial charge in [0.05, 0.1) is 12.1 Å². The summed E-state index contributed by atoms with van der Waals surface area (Å²) in [5, 5.41) is 3.83. The summed E-state index contributed by atoms with van der Waals surface area (Å²) in [5.41, 5.74) is 3.27. The van der Waals surface area contributed by atoms with Crippen LogP contribution in [0.15, 0.2) is 36.5 Å². The minimum Gasteiger partial charge on any atom is -0.357 e. The van der Waals surface area contributed by atoms with Crippen molar-refractivity contribution >= 4 is 34.5 Å². The summed E-state index contributed by atoms with van der Waals surface area (Å²) in [6.45, 7) is 5.74. The molecule has 2 aliphatic rings. The number of pyridine rings is 1. The lowest BCUT2D eigenvalue weighted by Crippen LogP contribution is -2.43. The molecule has 2 amide bonds. The Bertz CT molecular complexity index is 1290. The third-order valence-corrected chi connectivity index (χ3v) is 6.88. The van der Waals surface area contributed by atoms with E-state index in [0.29, 0.717) is 31.3 Å². The van der Waals surface area contributed by atoms with Crippen molar-refractivity contribution < 1.29 is 9.59 Å². The fourth-order valence-electron chi connectivity index (χ4n) is 5.02. The zero-order valence-corrected chi connectivity index (χ0v) is 20.7. The third kappa shape index (κ3) is 4.15. The van der Waals surface area contributed by atoms with Gasteiger partial charge in [-0.25, -0.2) is 4.98 Å². The number of fused-ring (bicyclic) bond motifs is 2. The molecule has 0 saturated carbocycles. The van der Waals surface area contributed by atoms with Crippen molar-refractivity contribution in [1.29, 1.82) is 0 Å². The quantitative estimate of drug-likeness (QED) is 0.588. The van der Waals surface area contributed by atoms with Gasteiger partial charge in [0.15, 0.2) is 0 Å².